The first-order valence-electron chi connectivity index (χ1n) is 7.28. The van der Waals surface area contributed by atoms with Crippen LogP contribution >= 0.6 is 24.0 Å². The third kappa shape index (κ3) is 7.04. The first-order chi connectivity index (χ1) is 10.6. The quantitative estimate of drug-likeness (QED) is 0.383. The lowest BCUT2D eigenvalue weighted by molar-refractivity contribution is -0.119. The van der Waals surface area contributed by atoms with Crippen LogP contribution in [0.4, 0.5) is 0 Å². The highest BCUT2D eigenvalue weighted by Crippen LogP contribution is 2.12. The molecule has 1 amide bonds. The number of aliphatic imine (C=N–C) groups is 1. The third-order valence-corrected chi connectivity index (χ3v) is 3.31. The second-order valence-electron chi connectivity index (χ2n) is 4.99. The number of amides is 1. The molecule has 0 unspecified atom stereocenters. The SMILES string of the molecule is I.NC(=O)COc1ccc(CCN=C(N)N2CCOCC2)cc1. The summed E-state index contributed by atoms with van der Waals surface area (Å²) in [6.07, 6.45) is 0.793. The molecule has 0 aromatic heterocycles. The van der Waals surface area contributed by atoms with Crippen molar-refractivity contribution >= 4 is 35.8 Å². The number of hydrogen-bond donors (Lipinski definition) is 2. The van der Waals surface area contributed by atoms with E-state index in [1.165, 1.54) is 0 Å². The molecule has 0 spiro atoms. The Morgan fingerprint density at radius 2 is 1.87 bits per heavy atom. The molecule has 0 saturated carbocycles. The van der Waals surface area contributed by atoms with E-state index in [2.05, 4.69) is 4.99 Å². The van der Waals surface area contributed by atoms with Crippen molar-refractivity contribution in [2.75, 3.05) is 39.5 Å². The van der Waals surface area contributed by atoms with E-state index >= 15 is 0 Å². The van der Waals surface area contributed by atoms with Gasteiger partial charge in [-0.3, -0.25) is 9.79 Å². The van der Waals surface area contributed by atoms with E-state index in [0.717, 1.165) is 25.1 Å². The van der Waals surface area contributed by atoms with Crippen LogP contribution in [0.3, 0.4) is 0 Å². The Hall–Kier alpha value is -1.55. The van der Waals surface area contributed by atoms with Crippen molar-refractivity contribution in [3.05, 3.63) is 29.8 Å². The molecular weight excluding hydrogens is 411 g/mol. The van der Waals surface area contributed by atoms with Gasteiger partial charge in [-0.2, -0.15) is 0 Å². The summed E-state index contributed by atoms with van der Waals surface area (Å²) in [6, 6.07) is 7.51. The molecule has 0 bridgehead atoms. The molecule has 2 rings (SSSR count). The molecule has 4 N–H and O–H groups in total. The zero-order valence-corrected chi connectivity index (χ0v) is 15.3. The predicted molar refractivity (Wildman–Crippen MR) is 99.1 cm³/mol. The van der Waals surface area contributed by atoms with Crippen LogP contribution in [-0.4, -0.2) is 56.2 Å². The average molecular weight is 434 g/mol. The maximum Gasteiger partial charge on any atom is 0.255 e. The summed E-state index contributed by atoms with van der Waals surface area (Å²) in [4.78, 5) is 17.1. The zero-order valence-electron chi connectivity index (χ0n) is 12.9. The van der Waals surface area contributed by atoms with Crippen LogP contribution in [0.1, 0.15) is 5.56 Å². The summed E-state index contributed by atoms with van der Waals surface area (Å²) in [5, 5.41) is 0. The number of carbonyl (C=O) groups is 1. The number of rotatable bonds is 6. The van der Waals surface area contributed by atoms with Gasteiger partial charge in [-0.05, 0) is 24.1 Å². The summed E-state index contributed by atoms with van der Waals surface area (Å²) in [5.74, 6) is 0.709. The van der Waals surface area contributed by atoms with Crippen molar-refractivity contribution in [1.82, 2.24) is 4.90 Å². The van der Waals surface area contributed by atoms with Crippen molar-refractivity contribution < 1.29 is 14.3 Å². The number of halogens is 1. The molecule has 1 aliphatic heterocycles. The van der Waals surface area contributed by atoms with Crippen LogP contribution in [0.15, 0.2) is 29.3 Å². The van der Waals surface area contributed by atoms with Gasteiger partial charge in [0.1, 0.15) is 5.75 Å². The van der Waals surface area contributed by atoms with Crippen LogP contribution in [0, 0.1) is 0 Å². The highest BCUT2D eigenvalue weighted by molar-refractivity contribution is 14.0. The second kappa shape index (κ2) is 10.3. The van der Waals surface area contributed by atoms with E-state index in [4.69, 9.17) is 20.9 Å². The molecule has 0 radical (unpaired) electrons. The number of benzene rings is 1. The Morgan fingerprint density at radius 3 is 2.48 bits per heavy atom. The maximum absolute atomic E-state index is 10.6. The lowest BCUT2D eigenvalue weighted by Gasteiger charge is -2.27. The highest BCUT2D eigenvalue weighted by Gasteiger charge is 2.11. The van der Waals surface area contributed by atoms with E-state index in [-0.39, 0.29) is 30.6 Å². The first-order valence-corrected chi connectivity index (χ1v) is 7.28. The van der Waals surface area contributed by atoms with Crippen LogP contribution in [0.5, 0.6) is 5.75 Å². The Morgan fingerprint density at radius 1 is 1.22 bits per heavy atom. The molecule has 7 nitrogen and oxygen atoms in total. The molecule has 8 heteroatoms. The molecule has 0 atom stereocenters. The minimum absolute atomic E-state index is 0. The predicted octanol–water partition coefficient (Wildman–Crippen LogP) is 0.358. The fourth-order valence-electron chi connectivity index (χ4n) is 2.10. The largest absolute Gasteiger partial charge is 0.484 e. The summed E-state index contributed by atoms with van der Waals surface area (Å²) in [7, 11) is 0. The number of nitrogens with two attached hydrogens (primary N) is 2. The van der Waals surface area contributed by atoms with Crippen molar-refractivity contribution in [3.63, 3.8) is 0 Å². The highest BCUT2D eigenvalue weighted by atomic mass is 127. The fourth-order valence-corrected chi connectivity index (χ4v) is 2.10. The van der Waals surface area contributed by atoms with Gasteiger partial charge in [0.2, 0.25) is 0 Å². The summed E-state index contributed by atoms with van der Waals surface area (Å²) < 4.78 is 10.5. The van der Waals surface area contributed by atoms with E-state index in [9.17, 15) is 4.79 Å². The molecule has 1 aromatic rings. The van der Waals surface area contributed by atoms with Gasteiger partial charge in [-0.1, -0.05) is 12.1 Å². The second-order valence-corrected chi connectivity index (χ2v) is 4.99. The van der Waals surface area contributed by atoms with Crippen molar-refractivity contribution in [2.45, 2.75) is 6.42 Å². The molecule has 1 aliphatic rings. The Kier molecular flexibility index (Phi) is 8.70. The first kappa shape index (κ1) is 19.5. The minimum atomic E-state index is -0.489. The monoisotopic (exact) mass is 434 g/mol. The number of nitrogens with zero attached hydrogens (tertiary/aromatic N) is 2. The number of ether oxygens (including phenoxy) is 2. The van der Waals surface area contributed by atoms with Gasteiger partial charge < -0.3 is 25.8 Å². The normalized spacial score (nSPS) is 15.0. The number of guanidine groups is 1. The summed E-state index contributed by atoms with van der Waals surface area (Å²) in [6.45, 7) is 3.50. The van der Waals surface area contributed by atoms with E-state index in [1.54, 1.807) is 0 Å². The summed E-state index contributed by atoms with van der Waals surface area (Å²) >= 11 is 0. The van der Waals surface area contributed by atoms with Gasteiger partial charge in [-0.25, -0.2) is 0 Å². The van der Waals surface area contributed by atoms with Gasteiger partial charge in [0.25, 0.3) is 5.91 Å². The molecular formula is C15H23IN4O3. The standard InChI is InChI=1S/C15H22N4O3.HI/c16-14(20)11-22-13-3-1-12(2-4-13)5-6-18-15(17)19-7-9-21-10-8-19;/h1-4H,5-11H2,(H2,16,20)(H2,17,18);1H. The topological polar surface area (TPSA) is 103 Å². The molecule has 1 saturated heterocycles. The van der Waals surface area contributed by atoms with Crippen molar-refractivity contribution in [1.29, 1.82) is 0 Å². The number of hydrogen-bond acceptors (Lipinski definition) is 4. The lowest BCUT2D eigenvalue weighted by atomic mass is 10.1. The minimum Gasteiger partial charge on any atom is -0.484 e. The molecule has 23 heavy (non-hydrogen) atoms. The van der Waals surface area contributed by atoms with Crippen LogP contribution in [-0.2, 0) is 16.0 Å². The Bertz CT molecular complexity index is 516. The van der Waals surface area contributed by atoms with Crippen LogP contribution in [0.2, 0.25) is 0 Å². The number of primary amides is 1. The smallest absolute Gasteiger partial charge is 0.255 e. The molecule has 1 fully saturated rings. The third-order valence-electron chi connectivity index (χ3n) is 3.31. The molecule has 1 aromatic carbocycles. The number of carbonyl (C=O) groups excluding carboxylic acids is 1. The van der Waals surface area contributed by atoms with Gasteiger partial charge in [0.05, 0.1) is 13.2 Å². The fraction of sp³-hybridized carbons (Fsp3) is 0.467. The van der Waals surface area contributed by atoms with E-state index in [1.807, 2.05) is 29.2 Å². The molecule has 128 valence electrons. The van der Waals surface area contributed by atoms with Gasteiger partial charge in [0.15, 0.2) is 12.6 Å². The van der Waals surface area contributed by atoms with Crippen molar-refractivity contribution in [2.24, 2.45) is 16.5 Å². The van der Waals surface area contributed by atoms with Gasteiger partial charge >= 0.3 is 0 Å². The van der Waals surface area contributed by atoms with Crippen LogP contribution in [0.25, 0.3) is 0 Å². The van der Waals surface area contributed by atoms with Gasteiger partial charge in [0, 0.05) is 19.6 Å². The maximum atomic E-state index is 10.6. The van der Waals surface area contributed by atoms with E-state index < -0.39 is 5.91 Å². The average Bonchev–Trinajstić information content (AvgIpc) is 2.55. The Balaban J connectivity index is 0.00000264. The number of morpholine rings is 1. The van der Waals surface area contributed by atoms with Crippen LogP contribution < -0.4 is 16.2 Å². The van der Waals surface area contributed by atoms with E-state index in [0.29, 0.717) is 31.5 Å². The summed E-state index contributed by atoms with van der Waals surface area (Å²) in [5.41, 5.74) is 12.1. The lowest BCUT2D eigenvalue weighted by Crippen LogP contribution is -2.44. The van der Waals surface area contributed by atoms with Gasteiger partial charge in [-0.15, -0.1) is 24.0 Å². The Labute approximate surface area is 153 Å². The zero-order chi connectivity index (χ0) is 15.8. The molecule has 0 aliphatic carbocycles. The van der Waals surface area contributed by atoms with Crippen molar-refractivity contribution in [3.8, 4) is 5.75 Å². The molecule has 1 heterocycles.